The maximum atomic E-state index is 11.7. The number of unbranched alkanes of at least 4 members (excludes halogenated alkanes) is 3. The van der Waals surface area contributed by atoms with E-state index in [1.165, 1.54) is 19.3 Å². The number of rotatable bonds is 6. The van der Waals surface area contributed by atoms with Gasteiger partial charge in [0.05, 0.1) is 6.10 Å². The summed E-state index contributed by atoms with van der Waals surface area (Å²) >= 11 is 0. The summed E-state index contributed by atoms with van der Waals surface area (Å²) in [6, 6.07) is 0. The molecule has 88 valence electrons. The van der Waals surface area contributed by atoms with Crippen LogP contribution < -0.4 is 0 Å². The number of aliphatic hydroxyl groups is 1. The van der Waals surface area contributed by atoms with Crippen molar-refractivity contribution in [2.75, 3.05) is 13.1 Å². The summed E-state index contributed by atoms with van der Waals surface area (Å²) in [5.41, 5.74) is 0. The molecule has 15 heavy (non-hydrogen) atoms. The largest absolute Gasteiger partial charge is 0.389 e. The van der Waals surface area contributed by atoms with Gasteiger partial charge in [-0.2, -0.15) is 0 Å². The number of likely N-dealkylation sites (tertiary alicyclic amines) is 1. The third-order valence-electron chi connectivity index (χ3n) is 3.09. The van der Waals surface area contributed by atoms with Crippen LogP contribution in [-0.4, -0.2) is 35.1 Å². The quantitative estimate of drug-likeness (QED) is 0.683. The van der Waals surface area contributed by atoms with Gasteiger partial charge in [-0.05, 0) is 6.42 Å². The predicted molar refractivity (Wildman–Crippen MR) is 60.5 cm³/mol. The minimum absolute atomic E-state index is 0.134. The lowest BCUT2D eigenvalue weighted by atomic mass is 9.99. The Kier molecular flexibility index (Phi) is 5.09. The van der Waals surface area contributed by atoms with Crippen molar-refractivity contribution in [2.45, 2.75) is 52.1 Å². The van der Waals surface area contributed by atoms with E-state index in [0.29, 0.717) is 13.1 Å². The molecule has 0 saturated carbocycles. The van der Waals surface area contributed by atoms with E-state index < -0.39 is 0 Å². The molecule has 1 unspecified atom stereocenters. The van der Waals surface area contributed by atoms with Gasteiger partial charge in [0.1, 0.15) is 0 Å². The van der Waals surface area contributed by atoms with Gasteiger partial charge in [-0.25, -0.2) is 0 Å². The molecule has 1 N–H and O–H groups in total. The van der Waals surface area contributed by atoms with Crippen LogP contribution in [0.2, 0.25) is 0 Å². The first-order valence-electron chi connectivity index (χ1n) is 6.12. The third-order valence-corrected chi connectivity index (χ3v) is 3.09. The van der Waals surface area contributed by atoms with Crippen LogP contribution >= 0.6 is 0 Å². The molecule has 0 aromatic heterocycles. The summed E-state index contributed by atoms with van der Waals surface area (Å²) in [5, 5.41) is 9.10. The van der Waals surface area contributed by atoms with Crippen molar-refractivity contribution in [3.63, 3.8) is 0 Å². The topological polar surface area (TPSA) is 40.5 Å². The molecule has 3 nitrogen and oxygen atoms in total. The van der Waals surface area contributed by atoms with Crippen LogP contribution in [0.15, 0.2) is 0 Å². The highest BCUT2D eigenvalue weighted by atomic mass is 16.3. The first kappa shape index (κ1) is 12.5. The van der Waals surface area contributed by atoms with E-state index in [1.807, 2.05) is 6.92 Å². The van der Waals surface area contributed by atoms with E-state index in [1.54, 1.807) is 4.90 Å². The molecule has 1 atom stereocenters. The van der Waals surface area contributed by atoms with Crippen LogP contribution in [0.3, 0.4) is 0 Å². The molecule has 1 amide bonds. The number of hydrogen-bond acceptors (Lipinski definition) is 2. The highest BCUT2D eigenvalue weighted by Crippen LogP contribution is 2.17. The van der Waals surface area contributed by atoms with E-state index in [0.717, 1.165) is 12.8 Å². The van der Waals surface area contributed by atoms with Crippen LogP contribution in [0.1, 0.15) is 46.0 Å². The van der Waals surface area contributed by atoms with Crippen molar-refractivity contribution < 1.29 is 9.90 Å². The van der Waals surface area contributed by atoms with Crippen molar-refractivity contribution in [1.82, 2.24) is 4.90 Å². The fraction of sp³-hybridized carbons (Fsp3) is 0.917. The van der Waals surface area contributed by atoms with Gasteiger partial charge in [0, 0.05) is 19.0 Å². The second-order valence-corrected chi connectivity index (χ2v) is 4.65. The molecule has 1 fully saturated rings. The molecule has 1 rings (SSSR count). The van der Waals surface area contributed by atoms with E-state index in [2.05, 4.69) is 6.92 Å². The molecule has 1 aliphatic heterocycles. The lowest BCUT2D eigenvalue weighted by Crippen LogP contribution is -2.54. The molecule has 0 radical (unpaired) electrons. The number of hydrogen-bond donors (Lipinski definition) is 1. The van der Waals surface area contributed by atoms with E-state index in [-0.39, 0.29) is 17.9 Å². The van der Waals surface area contributed by atoms with Gasteiger partial charge < -0.3 is 10.0 Å². The summed E-state index contributed by atoms with van der Waals surface area (Å²) in [4.78, 5) is 13.5. The van der Waals surface area contributed by atoms with Crippen LogP contribution in [0, 0.1) is 5.92 Å². The van der Waals surface area contributed by atoms with Gasteiger partial charge in [-0.1, -0.05) is 39.5 Å². The predicted octanol–water partition coefficient (Wildman–Crippen LogP) is 1.80. The summed E-state index contributed by atoms with van der Waals surface area (Å²) < 4.78 is 0. The fourth-order valence-corrected chi connectivity index (χ4v) is 1.95. The zero-order valence-corrected chi connectivity index (χ0v) is 9.91. The molecule has 1 aliphatic rings. The zero-order chi connectivity index (χ0) is 11.3. The molecular formula is C12H23NO2. The highest BCUT2D eigenvalue weighted by Gasteiger charge is 2.30. The Balaban J connectivity index is 2.10. The molecule has 0 aliphatic carbocycles. The number of β-amino-alcohol motifs (C(OH)–C–C–N with tert-alkyl or cyclic N) is 1. The van der Waals surface area contributed by atoms with Crippen molar-refractivity contribution in [1.29, 1.82) is 0 Å². The summed E-state index contributed by atoms with van der Waals surface area (Å²) in [5.74, 6) is 0.353. The Bertz CT molecular complexity index is 200. The van der Waals surface area contributed by atoms with Crippen molar-refractivity contribution in [3.05, 3.63) is 0 Å². The molecule has 1 saturated heterocycles. The molecular weight excluding hydrogens is 190 g/mol. The minimum Gasteiger partial charge on any atom is -0.389 e. The molecule has 0 bridgehead atoms. The van der Waals surface area contributed by atoms with Crippen LogP contribution in [0.25, 0.3) is 0 Å². The molecule has 3 heteroatoms. The number of carbonyl (C=O) groups excluding carboxylic acids is 1. The van der Waals surface area contributed by atoms with Gasteiger partial charge in [0.25, 0.3) is 0 Å². The first-order chi connectivity index (χ1) is 7.15. The second-order valence-electron chi connectivity index (χ2n) is 4.65. The monoisotopic (exact) mass is 213 g/mol. The lowest BCUT2D eigenvalue weighted by Gasteiger charge is -2.37. The Morgan fingerprint density at radius 3 is 2.60 bits per heavy atom. The molecule has 0 aromatic carbocycles. The molecule has 1 heterocycles. The Morgan fingerprint density at radius 2 is 2.07 bits per heavy atom. The number of amides is 1. The van der Waals surface area contributed by atoms with Crippen molar-refractivity contribution in [2.24, 2.45) is 5.92 Å². The smallest absolute Gasteiger partial charge is 0.225 e. The van der Waals surface area contributed by atoms with Gasteiger partial charge in [0.15, 0.2) is 0 Å². The van der Waals surface area contributed by atoms with Gasteiger partial charge >= 0.3 is 0 Å². The van der Waals surface area contributed by atoms with Crippen molar-refractivity contribution >= 4 is 5.91 Å². The third kappa shape index (κ3) is 3.82. The summed E-state index contributed by atoms with van der Waals surface area (Å²) in [6.45, 7) is 5.27. The maximum Gasteiger partial charge on any atom is 0.225 e. The van der Waals surface area contributed by atoms with Crippen LogP contribution in [0.5, 0.6) is 0 Å². The summed E-state index contributed by atoms with van der Waals surface area (Å²) in [7, 11) is 0. The Hall–Kier alpha value is -0.570. The SMILES string of the molecule is CCCCCCC(C)C(=O)N1CC(O)C1. The van der Waals surface area contributed by atoms with Gasteiger partial charge in [0.2, 0.25) is 5.91 Å². The molecule has 0 spiro atoms. The Labute approximate surface area is 92.5 Å². The van der Waals surface area contributed by atoms with Gasteiger partial charge in [-0.3, -0.25) is 4.79 Å². The highest BCUT2D eigenvalue weighted by molar-refractivity contribution is 5.79. The van der Waals surface area contributed by atoms with E-state index in [4.69, 9.17) is 5.11 Å². The Morgan fingerprint density at radius 1 is 1.40 bits per heavy atom. The average Bonchev–Trinajstić information content (AvgIpc) is 2.18. The normalized spacial score (nSPS) is 18.7. The number of nitrogens with zero attached hydrogens (tertiary/aromatic N) is 1. The minimum atomic E-state index is -0.277. The maximum absolute atomic E-state index is 11.7. The van der Waals surface area contributed by atoms with Crippen LogP contribution in [0.4, 0.5) is 0 Å². The number of carbonyl (C=O) groups is 1. The summed E-state index contributed by atoms with van der Waals surface area (Å²) in [6.07, 6.45) is 5.60. The molecule has 0 aromatic rings. The second kappa shape index (κ2) is 6.11. The standard InChI is InChI=1S/C12H23NO2/c1-3-4-5-6-7-10(2)12(15)13-8-11(14)9-13/h10-11,14H,3-9H2,1-2H3. The fourth-order valence-electron chi connectivity index (χ4n) is 1.95. The van der Waals surface area contributed by atoms with Crippen LogP contribution in [-0.2, 0) is 4.79 Å². The lowest BCUT2D eigenvalue weighted by molar-refractivity contribution is -0.145. The van der Waals surface area contributed by atoms with Gasteiger partial charge in [-0.15, -0.1) is 0 Å². The van der Waals surface area contributed by atoms with E-state index in [9.17, 15) is 4.79 Å². The van der Waals surface area contributed by atoms with E-state index >= 15 is 0 Å². The number of aliphatic hydroxyl groups excluding tert-OH is 1. The zero-order valence-electron chi connectivity index (χ0n) is 9.91. The van der Waals surface area contributed by atoms with Crippen molar-refractivity contribution in [3.8, 4) is 0 Å². The first-order valence-corrected chi connectivity index (χ1v) is 6.12. The average molecular weight is 213 g/mol.